The predicted octanol–water partition coefficient (Wildman–Crippen LogP) is 2.51. The molecule has 0 aliphatic carbocycles. The lowest BCUT2D eigenvalue weighted by molar-refractivity contribution is 0.262. The lowest BCUT2D eigenvalue weighted by Gasteiger charge is -2.15. The summed E-state index contributed by atoms with van der Waals surface area (Å²) >= 11 is 0. The summed E-state index contributed by atoms with van der Waals surface area (Å²) in [6, 6.07) is 7.93. The molecule has 0 saturated carbocycles. The van der Waals surface area contributed by atoms with Crippen molar-refractivity contribution in [2.24, 2.45) is 7.05 Å². The molecule has 2 aromatic rings. The Balaban J connectivity index is 2.16. The zero-order chi connectivity index (χ0) is 15.1. The van der Waals surface area contributed by atoms with Crippen LogP contribution < -0.4 is 14.8 Å². The van der Waals surface area contributed by atoms with Crippen LogP contribution in [0.25, 0.3) is 0 Å². The highest BCUT2D eigenvalue weighted by atomic mass is 16.5. The van der Waals surface area contributed by atoms with Gasteiger partial charge in [0.25, 0.3) is 0 Å². The van der Waals surface area contributed by atoms with Gasteiger partial charge in [0.05, 0.1) is 12.3 Å². The van der Waals surface area contributed by atoms with Gasteiger partial charge in [0.15, 0.2) is 11.5 Å². The van der Waals surface area contributed by atoms with Gasteiger partial charge in [0.2, 0.25) is 0 Å². The van der Waals surface area contributed by atoms with Crippen LogP contribution in [0.5, 0.6) is 11.5 Å². The van der Waals surface area contributed by atoms with Crippen LogP contribution in [-0.4, -0.2) is 22.9 Å². The van der Waals surface area contributed by atoms with Gasteiger partial charge < -0.3 is 14.8 Å². The third-order valence-corrected chi connectivity index (χ3v) is 3.06. The molecule has 0 spiro atoms. The second-order valence-electron chi connectivity index (χ2n) is 4.73. The summed E-state index contributed by atoms with van der Waals surface area (Å²) in [7, 11) is 1.90. The number of para-hydroxylation sites is 1. The summed E-state index contributed by atoms with van der Waals surface area (Å²) in [4.78, 5) is 0. The normalized spacial score (nSPS) is 10.6. The van der Waals surface area contributed by atoms with Gasteiger partial charge in [-0.25, -0.2) is 0 Å². The smallest absolute Gasteiger partial charge is 0.166 e. The average Bonchev–Trinajstić information content (AvgIpc) is 2.90. The molecule has 0 unspecified atom stereocenters. The molecule has 5 heteroatoms. The predicted molar refractivity (Wildman–Crippen MR) is 82.5 cm³/mol. The lowest BCUT2D eigenvalue weighted by atomic mass is 10.2. The first-order chi connectivity index (χ1) is 10.2. The number of ether oxygens (including phenoxy) is 2. The fourth-order valence-corrected chi connectivity index (χ4v) is 2.08. The quantitative estimate of drug-likeness (QED) is 0.811. The van der Waals surface area contributed by atoms with Crippen molar-refractivity contribution in [3.05, 3.63) is 41.7 Å². The second-order valence-corrected chi connectivity index (χ2v) is 4.73. The third kappa shape index (κ3) is 4.23. The maximum Gasteiger partial charge on any atom is 0.166 e. The molecule has 1 aromatic carbocycles. The van der Waals surface area contributed by atoms with Crippen LogP contribution in [0.2, 0.25) is 0 Å². The number of aromatic nitrogens is 2. The standard InChI is InChI=1S/C16H23N3O2/c1-4-17-11-13-7-6-8-15(20-5-2)16(13)21-12-14-9-10-19(3)18-14/h6-10,17H,4-5,11-12H2,1-3H3. The van der Waals surface area contributed by atoms with Gasteiger partial charge in [-0.1, -0.05) is 19.1 Å². The summed E-state index contributed by atoms with van der Waals surface area (Å²) in [6.07, 6.45) is 1.91. The van der Waals surface area contributed by atoms with Gasteiger partial charge in [0, 0.05) is 25.4 Å². The van der Waals surface area contributed by atoms with Crippen LogP contribution in [0.1, 0.15) is 25.1 Å². The number of hydrogen-bond acceptors (Lipinski definition) is 4. The van der Waals surface area contributed by atoms with Gasteiger partial charge >= 0.3 is 0 Å². The van der Waals surface area contributed by atoms with Crippen LogP contribution in [0.15, 0.2) is 30.5 Å². The Morgan fingerprint density at radius 3 is 2.71 bits per heavy atom. The topological polar surface area (TPSA) is 48.3 Å². The monoisotopic (exact) mass is 289 g/mol. The highest BCUT2D eigenvalue weighted by Gasteiger charge is 2.11. The van der Waals surface area contributed by atoms with E-state index < -0.39 is 0 Å². The molecule has 1 N–H and O–H groups in total. The molecule has 21 heavy (non-hydrogen) atoms. The molecule has 1 aromatic heterocycles. The maximum absolute atomic E-state index is 5.98. The minimum absolute atomic E-state index is 0.435. The molecular weight excluding hydrogens is 266 g/mol. The molecule has 0 atom stereocenters. The van der Waals surface area contributed by atoms with Crippen molar-refractivity contribution >= 4 is 0 Å². The van der Waals surface area contributed by atoms with E-state index in [0.717, 1.165) is 35.8 Å². The van der Waals surface area contributed by atoms with Crippen LogP contribution in [-0.2, 0) is 20.2 Å². The summed E-state index contributed by atoms with van der Waals surface area (Å²) in [5.41, 5.74) is 2.00. The molecule has 0 amide bonds. The van der Waals surface area contributed by atoms with E-state index in [-0.39, 0.29) is 0 Å². The zero-order valence-electron chi connectivity index (χ0n) is 12.9. The molecule has 0 fully saturated rings. The molecule has 0 bridgehead atoms. The van der Waals surface area contributed by atoms with Gasteiger partial charge in [-0.2, -0.15) is 5.10 Å². The van der Waals surface area contributed by atoms with E-state index in [1.807, 2.05) is 38.4 Å². The molecule has 0 aliphatic rings. The SMILES string of the molecule is CCNCc1cccc(OCC)c1OCc1ccn(C)n1. The van der Waals surface area contributed by atoms with Crippen LogP contribution >= 0.6 is 0 Å². The molecule has 0 saturated heterocycles. The highest BCUT2D eigenvalue weighted by Crippen LogP contribution is 2.32. The number of nitrogens with zero attached hydrogens (tertiary/aromatic N) is 2. The Morgan fingerprint density at radius 2 is 2.05 bits per heavy atom. The minimum Gasteiger partial charge on any atom is -0.490 e. The number of nitrogens with one attached hydrogen (secondary N) is 1. The minimum atomic E-state index is 0.435. The lowest BCUT2D eigenvalue weighted by Crippen LogP contribution is -2.13. The fraction of sp³-hybridized carbons (Fsp3) is 0.438. The molecule has 0 aliphatic heterocycles. The molecule has 114 valence electrons. The van der Waals surface area contributed by atoms with Gasteiger partial charge in [0.1, 0.15) is 6.61 Å². The zero-order valence-corrected chi connectivity index (χ0v) is 12.9. The Hall–Kier alpha value is -2.01. The largest absolute Gasteiger partial charge is 0.490 e. The summed E-state index contributed by atoms with van der Waals surface area (Å²) in [5.74, 6) is 1.58. The molecule has 5 nitrogen and oxygen atoms in total. The molecular formula is C16H23N3O2. The van der Waals surface area contributed by atoms with Crippen molar-refractivity contribution in [3.8, 4) is 11.5 Å². The Morgan fingerprint density at radius 1 is 1.19 bits per heavy atom. The van der Waals surface area contributed by atoms with E-state index >= 15 is 0 Å². The van der Waals surface area contributed by atoms with Crippen molar-refractivity contribution in [2.45, 2.75) is 27.0 Å². The Labute approximate surface area is 125 Å². The van der Waals surface area contributed by atoms with E-state index in [1.54, 1.807) is 4.68 Å². The van der Waals surface area contributed by atoms with Gasteiger partial charge in [-0.15, -0.1) is 0 Å². The number of aryl methyl sites for hydroxylation is 1. The van der Waals surface area contributed by atoms with Gasteiger partial charge in [-0.05, 0) is 25.6 Å². The van der Waals surface area contributed by atoms with E-state index in [1.165, 1.54) is 0 Å². The average molecular weight is 289 g/mol. The van der Waals surface area contributed by atoms with Crippen molar-refractivity contribution in [2.75, 3.05) is 13.2 Å². The maximum atomic E-state index is 5.98. The van der Waals surface area contributed by atoms with Crippen molar-refractivity contribution in [1.82, 2.24) is 15.1 Å². The first-order valence-electron chi connectivity index (χ1n) is 7.31. The van der Waals surface area contributed by atoms with Crippen LogP contribution in [0, 0.1) is 0 Å². The number of rotatable bonds is 8. The van der Waals surface area contributed by atoms with Crippen molar-refractivity contribution in [1.29, 1.82) is 0 Å². The van der Waals surface area contributed by atoms with Crippen molar-refractivity contribution in [3.63, 3.8) is 0 Å². The van der Waals surface area contributed by atoms with E-state index in [2.05, 4.69) is 23.4 Å². The van der Waals surface area contributed by atoms with Gasteiger partial charge in [-0.3, -0.25) is 4.68 Å². The molecule has 0 radical (unpaired) electrons. The summed E-state index contributed by atoms with van der Waals surface area (Å²) < 4.78 is 13.4. The first kappa shape index (κ1) is 15.4. The van der Waals surface area contributed by atoms with Crippen LogP contribution in [0.3, 0.4) is 0 Å². The van der Waals surface area contributed by atoms with E-state index in [0.29, 0.717) is 13.2 Å². The molecule has 1 heterocycles. The first-order valence-corrected chi connectivity index (χ1v) is 7.31. The van der Waals surface area contributed by atoms with Crippen LogP contribution in [0.4, 0.5) is 0 Å². The van der Waals surface area contributed by atoms with Crippen molar-refractivity contribution < 1.29 is 9.47 Å². The second kappa shape index (κ2) is 7.69. The summed E-state index contributed by atoms with van der Waals surface area (Å²) in [6.45, 7) is 6.78. The summed E-state index contributed by atoms with van der Waals surface area (Å²) in [5, 5.41) is 7.65. The number of hydrogen-bond donors (Lipinski definition) is 1. The Bertz CT molecular complexity index is 566. The third-order valence-electron chi connectivity index (χ3n) is 3.06. The fourth-order valence-electron chi connectivity index (χ4n) is 2.08. The molecule has 2 rings (SSSR count). The van der Waals surface area contributed by atoms with E-state index in [4.69, 9.17) is 9.47 Å². The van der Waals surface area contributed by atoms with E-state index in [9.17, 15) is 0 Å². The highest BCUT2D eigenvalue weighted by molar-refractivity contribution is 5.46. The number of benzene rings is 1. The Kier molecular flexibility index (Phi) is 5.63.